The van der Waals surface area contributed by atoms with E-state index < -0.39 is 56.2 Å². The highest BCUT2D eigenvalue weighted by Crippen LogP contribution is 2.34. The second-order valence-corrected chi connectivity index (χ2v) is 12.8. The van der Waals surface area contributed by atoms with Gasteiger partial charge in [0, 0.05) is 17.5 Å². The van der Waals surface area contributed by atoms with E-state index in [0.717, 1.165) is 29.7 Å². The molecule has 0 aromatic heterocycles. The van der Waals surface area contributed by atoms with E-state index in [-0.39, 0.29) is 10.6 Å². The lowest BCUT2D eigenvalue weighted by Crippen LogP contribution is -2.24. The average Bonchev–Trinajstić information content (AvgIpc) is 2.83. The van der Waals surface area contributed by atoms with Gasteiger partial charge in [-0.1, -0.05) is 30.8 Å². The highest BCUT2D eigenvalue weighted by atomic mass is 32.2. The molecule has 0 heterocycles. The van der Waals surface area contributed by atoms with Gasteiger partial charge in [-0.2, -0.15) is 0 Å². The van der Waals surface area contributed by atoms with E-state index in [1.54, 1.807) is 6.92 Å². The molecule has 1 N–H and O–H groups in total. The van der Waals surface area contributed by atoms with E-state index in [2.05, 4.69) is 11.3 Å². The van der Waals surface area contributed by atoms with Crippen molar-refractivity contribution in [2.75, 3.05) is 7.11 Å². The highest BCUT2D eigenvalue weighted by molar-refractivity contribution is 7.94. The van der Waals surface area contributed by atoms with Crippen LogP contribution in [0.1, 0.15) is 18.5 Å². The van der Waals surface area contributed by atoms with Crippen LogP contribution in [0.15, 0.2) is 98.3 Å². The van der Waals surface area contributed by atoms with Gasteiger partial charge in [-0.05, 0) is 48.9 Å². The van der Waals surface area contributed by atoms with E-state index in [1.807, 2.05) is 0 Å². The summed E-state index contributed by atoms with van der Waals surface area (Å²) in [4.78, 5) is -2.12. The Labute approximate surface area is 204 Å². The number of benzene rings is 3. The first kappa shape index (κ1) is 26.5. The van der Waals surface area contributed by atoms with Crippen molar-refractivity contribution in [3.05, 3.63) is 90.1 Å². The van der Waals surface area contributed by atoms with E-state index in [4.69, 9.17) is 4.74 Å². The molecule has 35 heavy (non-hydrogen) atoms. The van der Waals surface area contributed by atoms with Crippen LogP contribution < -0.4 is 9.46 Å². The van der Waals surface area contributed by atoms with Crippen molar-refractivity contribution in [3.8, 4) is 5.75 Å². The van der Waals surface area contributed by atoms with E-state index in [0.29, 0.717) is 5.56 Å². The molecule has 3 aromatic rings. The van der Waals surface area contributed by atoms with Crippen LogP contribution in [0.5, 0.6) is 5.75 Å². The fourth-order valence-electron chi connectivity index (χ4n) is 3.25. The summed E-state index contributed by atoms with van der Waals surface area (Å²) in [7, 11) is -11.4. The van der Waals surface area contributed by atoms with Gasteiger partial charge in [0.25, 0.3) is 0 Å². The second-order valence-electron chi connectivity index (χ2n) is 7.37. The average molecular weight is 540 g/mol. The molecule has 0 aliphatic rings. The van der Waals surface area contributed by atoms with Crippen molar-refractivity contribution < 1.29 is 34.4 Å². The molecule has 0 amide bonds. The molecule has 8 nitrogen and oxygen atoms in total. The lowest BCUT2D eigenvalue weighted by Gasteiger charge is -2.15. The summed E-state index contributed by atoms with van der Waals surface area (Å²) < 4.78 is 98.7. The van der Waals surface area contributed by atoms with Gasteiger partial charge in [-0.3, -0.25) is 0 Å². The highest BCUT2D eigenvalue weighted by Gasteiger charge is 2.31. The zero-order chi connectivity index (χ0) is 26.0. The van der Waals surface area contributed by atoms with Gasteiger partial charge in [-0.15, -0.1) is 0 Å². The Kier molecular flexibility index (Phi) is 7.50. The number of sulfonamides is 1. The third kappa shape index (κ3) is 5.45. The van der Waals surface area contributed by atoms with E-state index in [1.165, 1.54) is 49.6 Å². The van der Waals surface area contributed by atoms with Crippen molar-refractivity contribution >= 4 is 29.7 Å². The molecule has 3 rings (SSSR count). The smallest absolute Gasteiger partial charge is 0.233 e. The quantitative estimate of drug-likeness (QED) is 0.440. The van der Waals surface area contributed by atoms with Crippen LogP contribution >= 0.6 is 0 Å². The minimum atomic E-state index is -4.59. The summed E-state index contributed by atoms with van der Waals surface area (Å²) in [5.74, 6) is -0.962. The molecule has 0 aliphatic heterocycles. The van der Waals surface area contributed by atoms with Crippen LogP contribution in [0.2, 0.25) is 0 Å². The number of sulfone groups is 2. The van der Waals surface area contributed by atoms with Crippen molar-refractivity contribution in [3.63, 3.8) is 0 Å². The fraction of sp³-hybridized carbons (Fsp3) is 0.130. The third-order valence-corrected chi connectivity index (χ3v) is 10.0. The number of halogens is 1. The lowest BCUT2D eigenvalue weighted by atomic mass is 10.1. The zero-order valence-corrected chi connectivity index (χ0v) is 21.1. The molecule has 0 radical (unpaired) electrons. The predicted octanol–water partition coefficient (Wildman–Crippen LogP) is 3.62. The van der Waals surface area contributed by atoms with Gasteiger partial charge < -0.3 is 4.74 Å². The molecule has 0 saturated heterocycles. The maximum atomic E-state index is 14.4. The third-order valence-electron chi connectivity index (χ3n) is 5.11. The summed E-state index contributed by atoms with van der Waals surface area (Å²) in [5.41, 5.74) is 0.461. The van der Waals surface area contributed by atoms with Crippen molar-refractivity contribution in [1.29, 1.82) is 0 Å². The van der Waals surface area contributed by atoms with E-state index >= 15 is 0 Å². The van der Waals surface area contributed by atoms with Crippen molar-refractivity contribution in [1.82, 2.24) is 4.72 Å². The first-order chi connectivity index (χ1) is 16.3. The minimum Gasteiger partial charge on any atom is -0.497 e. The van der Waals surface area contributed by atoms with Crippen molar-refractivity contribution in [2.45, 2.75) is 32.5 Å². The molecule has 0 aliphatic carbocycles. The van der Waals surface area contributed by atoms with Crippen LogP contribution in [0.3, 0.4) is 0 Å². The number of methoxy groups -OCH3 is 1. The minimum absolute atomic E-state index is 0.0672. The summed E-state index contributed by atoms with van der Waals surface area (Å²) in [6.07, 6.45) is 0. The monoisotopic (exact) mass is 539 g/mol. The molecule has 0 saturated carbocycles. The maximum absolute atomic E-state index is 14.4. The summed E-state index contributed by atoms with van der Waals surface area (Å²) in [6, 6.07) is 12.6. The molecular weight excluding hydrogens is 517 g/mol. The Morgan fingerprint density at radius 3 is 2.06 bits per heavy atom. The SMILES string of the molecule is C=CS(=O)(=O)N[C@@H](C)c1ccc(S(=O)(=O)c2ccc(OC)cc2S(=O)(=O)c2ccccc2F)cc1. The number of rotatable bonds is 9. The van der Waals surface area contributed by atoms with Crippen LogP contribution in [0.4, 0.5) is 4.39 Å². The van der Waals surface area contributed by atoms with Gasteiger partial charge in [0.2, 0.25) is 29.7 Å². The fourth-order valence-corrected chi connectivity index (χ4v) is 7.38. The van der Waals surface area contributed by atoms with Crippen LogP contribution in [0.25, 0.3) is 0 Å². The normalized spacial score (nSPS) is 13.2. The Hall–Kier alpha value is -3.06. The van der Waals surface area contributed by atoms with Crippen LogP contribution in [-0.4, -0.2) is 32.4 Å². The predicted molar refractivity (Wildman–Crippen MR) is 127 cm³/mol. The maximum Gasteiger partial charge on any atom is 0.233 e. The topological polar surface area (TPSA) is 124 Å². The molecule has 0 bridgehead atoms. The number of hydrogen-bond donors (Lipinski definition) is 1. The first-order valence-corrected chi connectivity index (χ1v) is 14.5. The first-order valence-electron chi connectivity index (χ1n) is 10.0. The Morgan fingerprint density at radius 2 is 1.49 bits per heavy atom. The van der Waals surface area contributed by atoms with Gasteiger partial charge in [0.1, 0.15) is 16.5 Å². The largest absolute Gasteiger partial charge is 0.497 e. The molecule has 186 valence electrons. The van der Waals surface area contributed by atoms with Crippen molar-refractivity contribution in [2.24, 2.45) is 0 Å². The van der Waals surface area contributed by atoms with Crippen LogP contribution in [-0.2, 0) is 29.7 Å². The Bertz CT molecular complexity index is 1580. The molecule has 1 atom stereocenters. The van der Waals surface area contributed by atoms with E-state index in [9.17, 15) is 29.6 Å². The molecule has 0 fully saturated rings. The molecule has 0 unspecified atom stereocenters. The lowest BCUT2D eigenvalue weighted by molar-refractivity contribution is 0.412. The standard InChI is InChI=1S/C23H22FNO7S3/c1-4-33(26,27)25-16(2)17-9-12-19(13-10-17)34(28,29)22-14-11-18(32-3)15-23(22)35(30,31)21-8-6-5-7-20(21)24/h4-16,25H,1H2,2-3H3/t16-/m0/s1. The summed E-state index contributed by atoms with van der Waals surface area (Å²) in [5, 5.41) is 0.754. The molecule has 3 aromatic carbocycles. The number of hydrogen-bond acceptors (Lipinski definition) is 7. The number of ether oxygens (including phenoxy) is 1. The Balaban J connectivity index is 2.12. The second kappa shape index (κ2) is 9.90. The van der Waals surface area contributed by atoms with Crippen LogP contribution in [0, 0.1) is 5.82 Å². The zero-order valence-electron chi connectivity index (χ0n) is 18.7. The Morgan fingerprint density at radius 1 is 0.857 bits per heavy atom. The van der Waals surface area contributed by atoms with Gasteiger partial charge >= 0.3 is 0 Å². The summed E-state index contributed by atoms with van der Waals surface area (Å²) >= 11 is 0. The molecule has 12 heteroatoms. The summed E-state index contributed by atoms with van der Waals surface area (Å²) in [6.45, 7) is 4.78. The number of nitrogens with one attached hydrogen (secondary N) is 1. The molecule has 0 spiro atoms. The van der Waals surface area contributed by atoms with Gasteiger partial charge in [0.05, 0.1) is 21.8 Å². The van der Waals surface area contributed by atoms with Gasteiger partial charge in [-0.25, -0.2) is 34.4 Å². The van der Waals surface area contributed by atoms with Gasteiger partial charge in [0.15, 0.2) is 0 Å². The molecular formula is C23H22FNO7S3.